The highest BCUT2D eigenvalue weighted by molar-refractivity contribution is 8.00. The number of ether oxygens (including phenoxy) is 2. The average molecular weight is 268 g/mol. The second-order valence-electron chi connectivity index (χ2n) is 4.35. The van der Waals surface area contributed by atoms with Crippen LogP contribution >= 0.6 is 11.8 Å². The molecule has 0 amide bonds. The summed E-state index contributed by atoms with van der Waals surface area (Å²) in [7, 11) is 1.50. The van der Waals surface area contributed by atoms with E-state index in [0.29, 0.717) is 11.0 Å². The van der Waals surface area contributed by atoms with Crippen LogP contribution in [0.2, 0.25) is 0 Å². The molecule has 2 heterocycles. The van der Waals surface area contributed by atoms with Crippen molar-refractivity contribution < 1.29 is 22.6 Å². The lowest BCUT2D eigenvalue weighted by atomic mass is 10.1. The maximum Gasteiger partial charge on any atom is 0.417 e. The molecule has 6 heteroatoms. The van der Waals surface area contributed by atoms with Crippen molar-refractivity contribution in [3.63, 3.8) is 0 Å². The van der Waals surface area contributed by atoms with E-state index < -0.39 is 18.4 Å². The van der Waals surface area contributed by atoms with Crippen molar-refractivity contribution in [1.82, 2.24) is 0 Å². The first kappa shape index (κ1) is 13.1. The molecule has 2 saturated heterocycles. The van der Waals surface area contributed by atoms with Crippen molar-refractivity contribution in [3.8, 4) is 0 Å². The van der Waals surface area contributed by atoms with Crippen LogP contribution in [0.25, 0.3) is 0 Å². The molecule has 0 spiro atoms. The first-order valence-corrected chi connectivity index (χ1v) is 6.49. The monoisotopic (exact) mass is 268 g/mol. The Morgan fingerprint density at radius 1 is 1.41 bits per heavy atom. The molecule has 0 saturated carbocycles. The van der Waals surface area contributed by atoms with Gasteiger partial charge in [-0.25, -0.2) is 0 Å². The number of methoxy groups -OCH3 is 1. The first-order valence-electron chi connectivity index (χ1n) is 5.55. The zero-order chi connectivity index (χ0) is 12.6. The van der Waals surface area contributed by atoms with Crippen LogP contribution in [0.5, 0.6) is 0 Å². The zero-order valence-electron chi connectivity index (χ0n) is 9.66. The molecule has 4 atom stereocenters. The summed E-state index contributed by atoms with van der Waals surface area (Å²) in [6.07, 6.45) is -3.26. The molecule has 98 valence electrons. The topological polar surface area (TPSA) is 21.8 Å². The second kappa shape index (κ2) is 4.72. The van der Waals surface area contributed by atoms with Crippen LogP contribution in [0.3, 0.4) is 0 Å². The summed E-state index contributed by atoms with van der Waals surface area (Å²) in [6.45, 7) is 2.12. The van der Waals surface area contributed by atoms with Crippen molar-refractivity contribution in [2.24, 2.45) is 0 Å². The van der Waals surface area contributed by atoms with Gasteiger partial charge in [0.05, 0.1) is 12.4 Å². The number of hydrogen-bond acceptors (Lipinski definition) is 3. The van der Waals surface area contributed by atoms with E-state index >= 15 is 0 Å². The maximum absolute atomic E-state index is 12.3. The third-order valence-electron chi connectivity index (χ3n) is 2.96. The summed E-state index contributed by atoms with van der Waals surface area (Å²) in [5.41, 5.74) is 0. The Hall–Kier alpha value is -0.360. The predicted molar refractivity (Wildman–Crippen MR) is 59.9 cm³/mol. The van der Waals surface area contributed by atoms with E-state index in [2.05, 4.69) is 11.7 Å². The molecule has 0 aliphatic carbocycles. The molecule has 0 aromatic rings. The van der Waals surface area contributed by atoms with Crippen LogP contribution in [-0.2, 0) is 9.47 Å². The molecule has 2 aliphatic heterocycles. The molecule has 0 bridgehead atoms. The van der Waals surface area contributed by atoms with Gasteiger partial charge in [0, 0.05) is 5.25 Å². The van der Waals surface area contributed by atoms with Crippen molar-refractivity contribution in [2.45, 2.75) is 48.6 Å². The third-order valence-corrected chi connectivity index (χ3v) is 4.46. The Labute approximate surface area is 103 Å². The highest BCUT2D eigenvalue weighted by atomic mass is 32.2. The number of rotatable bonds is 3. The van der Waals surface area contributed by atoms with Crippen LogP contribution in [-0.4, -0.2) is 36.0 Å². The predicted octanol–water partition coefficient (Wildman–Crippen LogP) is 3.13. The molecule has 0 N–H and O–H groups in total. The first-order chi connectivity index (χ1) is 7.91. The van der Waals surface area contributed by atoms with E-state index in [1.54, 1.807) is 11.8 Å². The van der Waals surface area contributed by atoms with E-state index in [0.717, 1.165) is 12.8 Å². The summed E-state index contributed by atoms with van der Waals surface area (Å²) in [5.74, 6) is 0.621. The maximum atomic E-state index is 12.3. The Balaban J connectivity index is 1.96. The minimum Gasteiger partial charge on any atom is -0.500 e. The summed E-state index contributed by atoms with van der Waals surface area (Å²) in [6, 6.07) is 0. The SMILES string of the molecule is CO/C(=C\C1OC1C(F)(F)F)C1CCC(C)S1. The zero-order valence-corrected chi connectivity index (χ0v) is 10.5. The smallest absolute Gasteiger partial charge is 0.417 e. The summed E-state index contributed by atoms with van der Waals surface area (Å²) >= 11 is 1.75. The van der Waals surface area contributed by atoms with Crippen LogP contribution in [0.15, 0.2) is 11.8 Å². The minimum absolute atomic E-state index is 0.174. The molecule has 0 aromatic heterocycles. The molecule has 0 aromatic carbocycles. The van der Waals surface area contributed by atoms with Gasteiger partial charge in [0.25, 0.3) is 0 Å². The van der Waals surface area contributed by atoms with Gasteiger partial charge in [-0.05, 0) is 18.9 Å². The van der Waals surface area contributed by atoms with Gasteiger partial charge in [-0.2, -0.15) is 13.2 Å². The standard InChI is InChI=1S/C11H15F3O2S/c1-6-3-4-9(17-6)7(15-2)5-8-10(16-8)11(12,13)14/h5-6,8-10H,3-4H2,1-2H3/b7-5-. The van der Waals surface area contributed by atoms with Crippen molar-refractivity contribution in [3.05, 3.63) is 11.8 Å². The highest BCUT2D eigenvalue weighted by Crippen LogP contribution is 2.42. The van der Waals surface area contributed by atoms with Crippen LogP contribution in [0, 0.1) is 0 Å². The fraction of sp³-hybridized carbons (Fsp3) is 0.818. The highest BCUT2D eigenvalue weighted by Gasteiger charge is 2.57. The van der Waals surface area contributed by atoms with Crippen molar-refractivity contribution in [2.75, 3.05) is 7.11 Å². The number of alkyl halides is 3. The van der Waals surface area contributed by atoms with E-state index in [-0.39, 0.29) is 5.25 Å². The number of halogens is 3. The molecule has 2 nitrogen and oxygen atoms in total. The van der Waals surface area contributed by atoms with Gasteiger partial charge >= 0.3 is 6.18 Å². The molecular weight excluding hydrogens is 253 g/mol. The lowest BCUT2D eigenvalue weighted by molar-refractivity contribution is -0.146. The molecule has 2 aliphatic rings. The van der Waals surface area contributed by atoms with Crippen LogP contribution in [0.1, 0.15) is 19.8 Å². The van der Waals surface area contributed by atoms with Gasteiger partial charge in [0.2, 0.25) is 0 Å². The average Bonchev–Trinajstić information content (AvgIpc) is 2.90. The lowest BCUT2D eigenvalue weighted by Crippen LogP contribution is -2.18. The Bertz CT molecular complexity index is 316. The number of hydrogen-bond donors (Lipinski definition) is 0. The summed E-state index contributed by atoms with van der Waals surface area (Å²) in [5, 5.41) is 0.713. The Kier molecular flexibility index (Phi) is 3.63. The van der Waals surface area contributed by atoms with Gasteiger partial charge in [0.1, 0.15) is 11.9 Å². The van der Waals surface area contributed by atoms with Crippen LogP contribution < -0.4 is 0 Å². The second-order valence-corrected chi connectivity index (χ2v) is 5.99. The van der Waals surface area contributed by atoms with Crippen molar-refractivity contribution >= 4 is 11.8 Å². The van der Waals surface area contributed by atoms with Gasteiger partial charge in [0.15, 0.2) is 6.10 Å². The minimum atomic E-state index is -4.27. The molecular formula is C11H15F3O2S. The Morgan fingerprint density at radius 3 is 2.53 bits per heavy atom. The van der Waals surface area contributed by atoms with Crippen molar-refractivity contribution in [1.29, 1.82) is 0 Å². The number of thioether (sulfide) groups is 1. The van der Waals surface area contributed by atoms with E-state index in [9.17, 15) is 13.2 Å². The summed E-state index contributed by atoms with van der Waals surface area (Å²) in [4.78, 5) is 0. The molecule has 2 fully saturated rings. The lowest BCUT2D eigenvalue weighted by Gasteiger charge is -2.12. The fourth-order valence-electron chi connectivity index (χ4n) is 1.99. The molecule has 17 heavy (non-hydrogen) atoms. The van der Waals surface area contributed by atoms with Crippen LogP contribution in [0.4, 0.5) is 13.2 Å². The molecule has 0 radical (unpaired) electrons. The van der Waals surface area contributed by atoms with E-state index in [4.69, 9.17) is 4.74 Å². The fourth-order valence-corrected chi connectivity index (χ4v) is 3.41. The third kappa shape index (κ3) is 3.10. The van der Waals surface area contributed by atoms with E-state index in [1.165, 1.54) is 13.2 Å². The van der Waals surface area contributed by atoms with Gasteiger partial charge in [-0.1, -0.05) is 6.92 Å². The Morgan fingerprint density at radius 2 is 2.12 bits per heavy atom. The molecule has 2 rings (SSSR count). The van der Waals surface area contributed by atoms with Gasteiger partial charge in [-0.15, -0.1) is 11.8 Å². The molecule has 4 unspecified atom stereocenters. The normalized spacial score (nSPS) is 38.3. The van der Waals surface area contributed by atoms with E-state index in [1.807, 2.05) is 0 Å². The largest absolute Gasteiger partial charge is 0.500 e. The van der Waals surface area contributed by atoms with Gasteiger partial charge < -0.3 is 9.47 Å². The van der Waals surface area contributed by atoms with Gasteiger partial charge in [-0.3, -0.25) is 0 Å². The quantitative estimate of drug-likeness (QED) is 0.580. The number of epoxide rings is 1. The summed E-state index contributed by atoms with van der Waals surface area (Å²) < 4.78 is 46.6.